The van der Waals surface area contributed by atoms with Gasteiger partial charge in [-0.15, -0.1) is 5.10 Å². The topological polar surface area (TPSA) is 112 Å². The number of nitrogens with one attached hydrogen (secondary N) is 2. The summed E-state index contributed by atoms with van der Waals surface area (Å²) in [5, 5.41) is 36.2. The molecule has 2 fully saturated rings. The number of halogens is 2. The highest BCUT2D eigenvalue weighted by Gasteiger charge is 2.27. The van der Waals surface area contributed by atoms with Crippen molar-refractivity contribution in [2.24, 2.45) is 0 Å². The Morgan fingerprint density at radius 1 is 1.21 bits per heavy atom. The van der Waals surface area contributed by atoms with E-state index in [0.29, 0.717) is 50.5 Å². The Hall–Kier alpha value is -3.74. The highest BCUT2D eigenvalue weighted by molar-refractivity contribution is 6.35. The Balaban J connectivity index is 1.44. The summed E-state index contributed by atoms with van der Waals surface area (Å²) < 4.78 is 25.1. The lowest BCUT2D eigenvalue weighted by Crippen LogP contribution is -2.30. The number of nitrogens with zero attached hydrogens (tertiary/aromatic N) is 5. The Bertz CT molecular complexity index is 1570. The number of nitriles is 1. The maximum atomic E-state index is 13.8. The van der Waals surface area contributed by atoms with E-state index in [1.54, 1.807) is 35.1 Å². The molecule has 4 aromatic rings. The van der Waals surface area contributed by atoms with Crippen molar-refractivity contribution in [2.75, 3.05) is 10.6 Å². The third kappa shape index (κ3) is 5.02. The lowest BCUT2D eigenvalue weighted by Gasteiger charge is -2.28. The second kappa shape index (κ2) is 10.2. The molecule has 0 amide bonds. The van der Waals surface area contributed by atoms with E-state index in [2.05, 4.69) is 32.0 Å². The van der Waals surface area contributed by atoms with Crippen LogP contribution >= 0.6 is 11.6 Å². The van der Waals surface area contributed by atoms with Gasteiger partial charge in [0.15, 0.2) is 0 Å². The summed E-state index contributed by atoms with van der Waals surface area (Å²) in [6.45, 7) is 0. The van der Waals surface area contributed by atoms with Crippen molar-refractivity contribution in [3.63, 3.8) is 0 Å². The maximum Gasteiger partial charge on any atom is 0.123 e. The first-order valence-corrected chi connectivity index (χ1v) is 13.2. The highest BCUT2D eigenvalue weighted by atomic mass is 35.5. The number of fused-ring (bicyclic) bond motifs is 1. The summed E-state index contributed by atoms with van der Waals surface area (Å²) >= 11 is 6.70. The number of anilines is 2. The molecule has 194 valence electrons. The largest absolute Gasteiger partial charge is 0.393 e. The number of benzene rings is 2. The van der Waals surface area contributed by atoms with Gasteiger partial charge in [-0.3, -0.25) is 4.98 Å². The van der Waals surface area contributed by atoms with E-state index in [0.717, 1.165) is 32.1 Å². The van der Waals surface area contributed by atoms with Gasteiger partial charge in [0.2, 0.25) is 0 Å². The summed E-state index contributed by atoms with van der Waals surface area (Å²) in [7, 11) is 0. The van der Waals surface area contributed by atoms with Crippen LogP contribution in [0.25, 0.3) is 10.9 Å². The number of rotatable bonds is 7. The second-order valence-electron chi connectivity index (χ2n) is 10.00. The van der Waals surface area contributed by atoms with Crippen LogP contribution in [0.1, 0.15) is 68.8 Å². The van der Waals surface area contributed by atoms with E-state index in [-0.39, 0.29) is 18.2 Å². The quantitative estimate of drug-likeness (QED) is 0.278. The van der Waals surface area contributed by atoms with Crippen molar-refractivity contribution in [3.8, 4) is 6.07 Å². The van der Waals surface area contributed by atoms with Crippen LogP contribution in [0.4, 0.5) is 15.8 Å². The summed E-state index contributed by atoms with van der Waals surface area (Å²) in [5.74, 6) is -0.407. The molecule has 8 nitrogen and oxygen atoms in total. The Morgan fingerprint density at radius 2 is 2.03 bits per heavy atom. The minimum Gasteiger partial charge on any atom is -0.393 e. The first kappa shape index (κ1) is 23.4. The minimum atomic E-state index is -1.61. The molecule has 2 aromatic heterocycles. The molecule has 0 bridgehead atoms. The molecule has 0 spiro atoms. The van der Waals surface area contributed by atoms with Crippen LogP contribution in [0, 0.1) is 17.1 Å². The van der Waals surface area contributed by atoms with Gasteiger partial charge >= 0.3 is 0 Å². The van der Waals surface area contributed by atoms with E-state index in [4.69, 9.17) is 11.6 Å². The van der Waals surface area contributed by atoms with Gasteiger partial charge in [0.1, 0.15) is 17.6 Å². The number of aromatic nitrogens is 4. The van der Waals surface area contributed by atoms with E-state index in [1.165, 1.54) is 18.3 Å². The van der Waals surface area contributed by atoms with Crippen LogP contribution in [-0.4, -0.2) is 37.2 Å². The fourth-order valence-corrected chi connectivity index (χ4v) is 5.29. The maximum absolute atomic E-state index is 13.8. The normalized spacial score (nSPS) is 21.4. The standard InChI is InChI=1S/C28H27ClFN7O/c29-24-12-20(11-23-26(17(13-31)14-32-28(23)24)33-19-2-1-3-22(38)10-19)34-27(16-4-6-18(30)7-5-16)25-15-37(36-35-25)21-8-9-21/h4-7,11-12,14-15,19,21-22,27,34,38H,1-3,8-10H2,(H,32,33)/t19-,22-,27?/m1/s1/i27D. The predicted octanol–water partition coefficient (Wildman–Crippen LogP) is 5.74. The zero-order valence-electron chi connectivity index (χ0n) is 21.5. The van der Waals surface area contributed by atoms with Crippen molar-refractivity contribution in [1.29, 1.82) is 5.26 Å². The lowest BCUT2D eigenvalue weighted by molar-refractivity contribution is 0.124. The molecular weight excluding hydrogens is 505 g/mol. The third-order valence-electron chi connectivity index (χ3n) is 7.13. The predicted molar refractivity (Wildman–Crippen MR) is 144 cm³/mol. The van der Waals surface area contributed by atoms with Crippen molar-refractivity contribution < 1.29 is 10.9 Å². The summed E-state index contributed by atoms with van der Waals surface area (Å²) in [4.78, 5) is 4.43. The number of aliphatic hydroxyl groups is 1. The molecule has 38 heavy (non-hydrogen) atoms. The van der Waals surface area contributed by atoms with E-state index in [1.807, 2.05) is 0 Å². The molecule has 2 aliphatic rings. The average molecular weight is 533 g/mol. The average Bonchev–Trinajstić information content (AvgIpc) is 3.65. The molecule has 0 radical (unpaired) electrons. The number of hydrogen-bond acceptors (Lipinski definition) is 7. The number of pyridine rings is 1. The molecule has 2 saturated carbocycles. The molecular formula is C28H27ClFN7O. The fourth-order valence-electron chi connectivity index (χ4n) is 5.03. The van der Waals surface area contributed by atoms with Crippen molar-refractivity contribution in [1.82, 2.24) is 20.0 Å². The molecule has 1 unspecified atom stereocenters. The van der Waals surface area contributed by atoms with Gasteiger partial charge in [0.05, 0.1) is 47.5 Å². The second-order valence-corrected chi connectivity index (χ2v) is 10.4. The van der Waals surface area contributed by atoms with E-state index >= 15 is 0 Å². The van der Waals surface area contributed by atoms with Gasteiger partial charge in [0, 0.05) is 23.3 Å². The van der Waals surface area contributed by atoms with Crippen molar-refractivity contribution in [2.45, 2.75) is 62.7 Å². The highest BCUT2D eigenvalue weighted by Crippen LogP contribution is 2.38. The van der Waals surface area contributed by atoms with Gasteiger partial charge < -0.3 is 15.7 Å². The first-order chi connectivity index (χ1) is 18.8. The first-order valence-electron chi connectivity index (χ1n) is 13.3. The van der Waals surface area contributed by atoms with Gasteiger partial charge in [-0.25, -0.2) is 9.07 Å². The number of hydrogen-bond donors (Lipinski definition) is 3. The Morgan fingerprint density at radius 3 is 2.76 bits per heavy atom. The van der Waals surface area contributed by atoms with Crippen LogP contribution in [0.2, 0.25) is 5.02 Å². The monoisotopic (exact) mass is 532 g/mol. The Kier molecular flexibility index (Phi) is 6.27. The van der Waals surface area contributed by atoms with Gasteiger partial charge in [0.25, 0.3) is 0 Å². The van der Waals surface area contributed by atoms with Crippen molar-refractivity contribution in [3.05, 3.63) is 76.5 Å². The van der Waals surface area contributed by atoms with Crippen LogP contribution in [0.15, 0.2) is 48.8 Å². The van der Waals surface area contributed by atoms with Crippen LogP contribution < -0.4 is 10.6 Å². The summed E-state index contributed by atoms with van der Waals surface area (Å²) in [5.41, 5.74) is 2.79. The van der Waals surface area contributed by atoms with Gasteiger partial charge in [-0.2, -0.15) is 5.26 Å². The zero-order chi connectivity index (χ0) is 27.1. The fraction of sp³-hybridized carbons (Fsp3) is 0.357. The SMILES string of the molecule is [2H]C(Nc1cc(Cl)c2ncc(C#N)c(N[C@@H]3CCC[C@@H](O)C3)c2c1)(c1ccc(F)cc1)c1cn(C2CC2)nn1. The van der Waals surface area contributed by atoms with Gasteiger partial charge in [-0.1, -0.05) is 28.9 Å². The number of aliphatic hydroxyl groups excluding tert-OH is 1. The smallest absolute Gasteiger partial charge is 0.123 e. The summed E-state index contributed by atoms with van der Waals surface area (Å²) in [6, 6.07) is 10.1. The molecule has 2 aliphatic carbocycles. The van der Waals surface area contributed by atoms with E-state index < -0.39 is 11.8 Å². The van der Waals surface area contributed by atoms with Crippen LogP contribution in [-0.2, 0) is 0 Å². The minimum absolute atomic E-state index is 0.00575. The van der Waals surface area contributed by atoms with Crippen LogP contribution in [0.3, 0.4) is 0 Å². The third-order valence-corrected chi connectivity index (χ3v) is 7.42. The van der Waals surface area contributed by atoms with Crippen molar-refractivity contribution >= 4 is 33.9 Å². The van der Waals surface area contributed by atoms with Gasteiger partial charge in [-0.05, 0) is 68.4 Å². The lowest BCUT2D eigenvalue weighted by atomic mass is 9.92. The zero-order valence-corrected chi connectivity index (χ0v) is 21.3. The summed E-state index contributed by atoms with van der Waals surface area (Å²) in [6.07, 6.45) is 7.98. The van der Waals surface area contributed by atoms with E-state index in [9.17, 15) is 16.1 Å². The molecule has 0 saturated heterocycles. The molecule has 2 aromatic carbocycles. The molecule has 3 N–H and O–H groups in total. The molecule has 0 aliphatic heterocycles. The molecule has 3 atom stereocenters. The molecule has 10 heteroatoms. The Labute approximate surface area is 225 Å². The van der Waals surface area contributed by atoms with Crippen LogP contribution in [0.5, 0.6) is 0 Å². The molecule has 2 heterocycles. The molecule has 6 rings (SSSR count).